The normalized spacial score (nSPS) is 14.8. The number of amides is 3. The van der Waals surface area contributed by atoms with Crippen LogP contribution < -0.4 is 10.1 Å². The van der Waals surface area contributed by atoms with E-state index in [0.29, 0.717) is 45.8 Å². The molecule has 0 unspecified atom stereocenters. The average molecular weight is 349 g/mol. The lowest BCUT2D eigenvalue weighted by Crippen LogP contribution is -2.43. The Balaban J connectivity index is 1.82. The van der Waals surface area contributed by atoms with Gasteiger partial charge in [-0.25, -0.2) is 4.79 Å². The van der Waals surface area contributed by atoms with Gasteiger partial charge in [-0.1, -0.05) is 12.1 Å². The fourth-order valence-electron chi connectivity index (χ4n) is 2.77. The maximum Gasteiger partial charge on any atom is 0.317 e. The van der Waals surface area contributed by atoms with Crippen molar-refractivity contribution in [2.45, 2.75) is 12.8 Å². The van der Waals surface area contributed by atoms with Gasteiger partial charge in [0.25, 0.3) is 0 Å². The van der Waals surface area contributed by atoms with Gasteiger partial charge in [0.05, 0.1) is 20.1 Å². The van der Waals surface area contributed by atoms with Crippen molar-refractivity contribution in [1.82, 2.24) is 15.1 Å². The van der Waals surface area contributed by atoms with Crippen LogP contribution >= 0.6 is 0 Å². The van der Waals surface area contributed by atoms with Gasteiger partial charge in [-0.15, -0.1) is 0 Å². The number of benzene rings is 1. The molecular weight excluding hydrogens is 322 g/mol. The molecule has 1 aliphatic heterocycles. The lowest BCUT2D eigenvalue weighted by Gasteiger charge is -2.22. The molecule has 2 rings (SSSR count). The van der Waals surface area contributed by atoms with E-state index < -0.39 is 0 Å². The first-order valence-electron chi connectivity index (χ1n) is 8.56. The minimum atomic E-state index is -0.0958. The maximum atomic E-state index is 12.5. The molecule has 1 aliphatic rings. The fraction of sp³-hybridized carbons (Fsp3) is 0.556. The Bertz CT molecular complexity index is 562. The third-order valence-electron chi connectivity index (χ3n) is 4.23. The van der Waals surface area contributed by atoms with Crippen molar-refractivity contribution in [3.8, 4) is 5.75 Å². The van der Waals surface area contributed by atoms with Gasteiger partial charge in [0.1, 0.15) is 5.75 Å². The third kappa shape index (κ3) is 5.94. The van der Waals surface area contributed by atoms with Crippen molar-refractivity contribution in [2.75, 3.05) is 53.6 Å². The molecule has 1 aromatic carbocycles. The number of carbonyl (C=O) groups excluding carboxylic acids is 2. The van der Waals surface area contributed by atoms with Crippen LogP contribution in [0.4, 0.5) is 4.79 Å². The summed E-state index contributed by atoms with van der Waals surface area (Å²) in [6.07, 6.45) is 1.15. The Hall–Kier alpha value is -2.28. The lowest BCUT2D eigenvalue weighted by atomic mass is 10.1. The van der Waals surface area contributed by atoms with E-state index in [1.165, 1.54) is 0 Å². The van der Waals surface area contributed by atoms with Crippen LogP contribution in [0.5, 0.6) is 5.75 Å². The van der Waals surface area contributed by atoms with Crippen molar-refractivity contribution in [3.63, 3.8) is 0 Å². The molecule has 1 heterocycles. The van der Waals surface area contributed by atoms with Crippen LogP contribution in [0.2, 0.25) is 0 Å². The quantitative estimate of drug-likeness (QED) is 0.782. The molecule has 1 aromatic rings. The van der Waals surface area contributed by atoms with Crippen LogP contribution in [0.1, 0.15) is 12.0 Å². The molecule has 0 saturated carbocycles. The SMILES string of the molecule is COCCNC(=O)N1CCCN(C(=O)Cc2ccc(OC)cc2)CC1. The number of methoxy groups -OCH3 is 2. The van der Waals surface area contributed by atoms with Gasteiger partial charge in [0.15, 0.2) is 0 Å². The molecule has 1 saturated heterocycles. The molecule has 0 spiro atoms. The Morgan fingerprint density at radius 2 is 1.72 bits per heavy atom. The topological polar surface area (TPSA) is 71.1 Å². The van der Waals surface area contributed by atoms with Crippen LogP contribution in [0.3, 0.4) is 0 Å². The van der Waals surface area contributed by atoms with Crippen molar-refractivity contribution < 1.29 is 19.1 Å². The van der Waals surface area contributed by atoms with E-state index in [9.17, 15) is 9.59 Å². The van der Waals surface area contributed by atoms with Gasteiger partial charge in [0, 0.05) is 39.8 Å². The van der Waals surface area contributed by atoms with E-state index in [-0.39, 0.29) is 11.9 Å². The zero-order valence-electron chi connectivity index (χ0n) is 15.0. The summed E-state index contributed by atoms with van der Waals surface area (Å²) in [4.78, 5) is 28.2. The monoisotopic (exact) mass is 349 g/mol. The second-order valence-electron chi connectivity index (χ2n) is 5.97. The number of carbonyl (C=O) groups is 2. The van der Waals surface area contributed by atoms with E-state index in [1.54, 1.807) is 19.1 Å². The summed E-state index contributed by atoms with van der Waals surface area (Å²) in [6, 6.07) is 7.43. The highest BCUT2D eigenvalue weighted by Crippen LogP contribution is 2.13. The molecule has 0 aromatic heterocycles. The first kappa shape index (κ1) is 19.1. The summed E-state index contributed by atoms with van der Waals surface area (Å²) < 4.78 is 10.1. The van der Waals surface area contributed by atoms with Gasteiger partial charge >= 0.3 is 6.03 Å². The van der Waals surface area contributed by atoms with Gasteiger partial charge in [0.2, 0.25) is 5.91 Å². The molecule has 25 heavy (non-hydrogen) atoms. The van der Waals surface area contributed by atoms with Gasteiger partial charge in [-0.3, -0.25) is 4.79 Å². The molecule has 3 amide bonds. The molecule has 1 N–H and O–H groups in total. The van der Waals surface area contributed by atoms with E-state index in [4.69, 9.17) is 9.47 Å². The zero-order valence-corrected chi connectivity index (χ0v) is 15.0. The Morgan fingerprint density at radius 3 is 2.40 bits per heavy atom. The predicted molar refractivity (Wildman–Crippen MR) is 94.7 cm³/mol. The van der Waals surface area contributed by atoms with Crippen LogP contribution in [-0.2, 0) is 16.0 Å². The summed E-state index contributed by atoms with van der Waals surface area (Å²) in [5.41, 5.74) is 0.962. The minimum absolute atomic E-state index is 0.0896. The number of ether oxygens (including phenoxy) is 2. The summed E-state index contributed by atoms with van der Waals surface area (Å²) in [7, 11) is 3.22. The highest BCUT2D eigenvalue weighted by atomic mass is 16.5. The van der Waals surface area contributed by atoms with Gasteiger partial charge < -0.3 is 24.6 Å². The molecule has 0 bridgehead atoms. The highest BCUT2D eigenvalue weighted by Gasteiger charge is 2.21. The van der Waals surface area contributed by atoms with Crippen LogP contribution in [0, 0.1) is 0 Å². The van der Waals surface area contributed by atoms with Crippen molar-refractivity contribution in [3.05, 3.63) is 29.8 Å². The lowest BCUT2D eigenvalue weighted by molar-refractivity contribution is -0.130. The molecule has 138 valence electrons. The zero-order chi connectivity index (χ0) is 18.1. The largest absolute Gasteiger partial charge is 0.497 e. The molecule has 0 aliphatic carbocycles. The average Bonchev–Trinajstić information content (AvgIpc) is 2.89. The standard InChI is InChI=1S/C18H27N3O4/c1-24-13-8-19-18(23)21-10-3-9-20(11-12-21)17(22)14-15-4-6-16(25-2)7-5-15/h4-7H,3,8-14H2,1-2H3,(H,19,23). The van der Waals surface area contributed by atoms with Crippen LogP contribution in [0.25, 0.3) is 0 Å². The van der Waals surface area contributed by atoms with Gasteiger partial charge in [-0.2, -0.15) is 0 Å². The second-order valence-corrected chi connectivity index (χ2v) is 5.97. The molecule has 0 radical (unpaired) electrons. The first-order valence-corrected chi connectivity index (χ1v) is 8.56. The molecular formula is C18H27N3O4. The summed E-state index contributed by atoms with van der Waals surface area (Å²) in [6.45, 7) is 3.43. The van der Waals surface area contributed by atoms with Crippen LogP contribution in [0.15, 0.2) is 24.3 Å². The second kappa shape index (κ2) is 9.88. The number of nitrogens with zero attached hydrogens (tertiary/aromatic N) is 2. The number of nitrogens with one attached hydrogen (secondary N) is 1. The van der Waals surface area contributed by atoms with Crippen molar-refractivity contribution in [2.24, 2.45) is 0 Å². The molecule has 0 atom stereocenters. The predicted octanol–water partition coefficient (Wildman–Crippen LogP) is 1.13. The molecule has 7 nitrogen and oxygen atoms in total. The number of hydrogen-bond acceptors (Lipinski definition) is 4. The number of hydrogen-bond donors (Lipinski definition) is 1. The van der Waals surface area contributed by atoms with Crippen molar-refractivity contribution in [1.29, 1.82) is 0 Å². The third-order valence-corrected chi connectivity index (χ3v) is 4.23. The fourth-order valence-corrected chi connectivity index (χ4v) is 2.77. The van der Waals surface area contributed by atoms with Crippen molar-refractivity contribution >= 4 is 11.9 Å². The smallest absolute Gasteiger partial charge is 0.317 e. The maximum absolute atomic E-state index is 12.5. The minimum Gasteiger partial charge on any atom is -0.497 e. The molecule has 1 fully saturated rings. The summed E-state index contributed by atoms with van der Waals surface area (Å²) in [5.74, 6) is 0.868. The highest BCUT2D eigenvalue weighted by molar-refractivity contribution is 5.79. The first-order chi connectivity index (χ1) is 12.1. The van der Waals surface area contributed by atoms with Gasteiger partial charge in [-0.05, 0) is 24.1 Å². The van der Waals surface area contributed by atoms with E-state index >= 15 is 0 Å². The summed E-state index contributed by atoms with van der Waals surface area (Å²) >= 11 is 0. The van der Waals surface area contributed by atoms with Crippen LogP contribution in [-0.4, -0.2) is 75.3 Å². The van der Waals surface area contributed by atoms with E-state index in [2.05, 4.69) is 5.32 Å². The molecule has 7 heteroatoms. The van der Waals surface area contributed by atoms with E-state index in [1.807, 2.05) is 29.2 Å². The Kier molecular flexibility index (Phi) is 7.53. The Morgan fingerprint density at radius 1 is 1.04 bits per heavy atom. The number of rotatable bonds is 6. The van der Waals surface area contributed by atoms with E-state index in [0.717, 1.165) is 17.7 Å². The summed E-state index contributed by atoms with van der Waals surface area (Å²) in [5, 5.41) is 2.82. The Labute approximate surface area is 148 Å². The number of urea groups is 1.